The van der Waals surface area contributed by atoms with Crippen molar-refractivity contribution in [3.63, 3.8) is 0 Å². The third kappa shape index (κ3) is 2.92. The fraction of sp³-hybridized carbons (Fsp3) is 0.353. The number of rotatable bonds is 4. The fourth-order valence-corrected chi connectivity index (χ4v) is 4.04. The van der Waals surface area contributed by atoms with E-state index in [1.54, 1.807) is 0 Å². The van der Waals surface area contributed by atoms with Gasteiger partial charge in [-0.1, -0.05) is 6.07 Å². The number of hydrogen-bond donors (Lipinski definition) is 1. The zero-order chi connectivity index (χ0) is 16.5. The molecule has 4 rings (SSSR count). The molecule has 0 bridgehead atoms. The van der Waals surface area contributed by atoms with Gasteiger partial charge in [0.15, 0.2) is 11.5 Å². The van der Waals surface area contributed by atoms with Gasteiger partial charge < -0.3 is 5.32 Å². The SMILES string of the molecule is C[C@H](NC(=O)CN1CCc2sccc2C1)c1nnc2ccccn12. The van der Waals surface area contributed by atoms with E-state index in [2.05, 4.69) is 31.9 Å². The monoisotopic (exact) mass is 341 g/mol. The van der Waals surface area contributed by atoms with Crippen LogP contribution >= 0.6 is 11.3 Å². The summed E-state index contributed by atoms with van der Waals surface area (Å²) in [4.78, 5) is 16.0. The van der Waals surface area contributed by atoms with Gasteiger partial charge in [0.1, 0.15) is 0 Å². The molecule has 24 heavy (non-hydrogen) atoms. The first kappa shape index (κ1) is 15.3. The lowest BCUT2D eigenvalue weighted by Crippen LogP contribution is -2.40. The van der Waals surface area contributed by atoms with E-state index in [-0.39, 0.29) is 11.9 Å². The minimum Gasteiger partial charge on any atom is -0.345 e. The van der Waals surface area contributed by atoms with E-state index in [9.17, 15) is 4.79 Å². The number of carbonyl (C=O) groups excluding carboxylic acids is 1. The molecular weight excluding hydrogens is 322 g/mol. The summed E-state index contributed by atoms with van der Waals surface area (Å²) in [5.74, 6) is 0.770. The van der Waals surface area contributed by atoms with Gasteiger partial charge in [0.25, 0.3) is 0 Å². The van der Waals surface area contributed by atoms with E-state index in [1.165, 1.54) is 10.4 Å². The van der Waals surface area contributed by atoms with Crippen molar-refractivity contribution in [3.05, 3.63) is 52.1 Å². The van der Waals surface area contributed by atoms with Crippen LogP contribution in [0, 0.1) is 0 Å². The number of hydrogen-bond acceptors (Lipinski definition) is 5. The van der Waals surface area contributed by atoms with Gasteiger partial charge in [-0.25, -0.2) is 0 Å². The minimum absolute atomic E-state index is 0.0221. The van der Waals surface area contributed by atoms with Gasteiger partial charge in [0.2, 0.25) is 5.91 Å². The Morgan fingerprint density at radius 1 is 1.38 bits per heavy atom. The Morgan fingerprint density at radius 2 is 2.29 bits per heavy atom. The Hall–Kier alpha value is -2.25. The molecule has 1 amide bonds. The zero-order valence-electron chi connectivity index (χ0n) is 13.5. The summed E-state index contributed by atoms with van der Waals surface area (Å²) in [6, 6.07) is 7.73. The second-order valence-electron chi connectivity index (χ2n) is 6.11. The topological polar surface area (TPSA) is 62.5 Å². The van der Waals surface area contributed by atoms with Crippen molar-refractivity contribution in [2.24, 2.45) is 0 Å². The molecule has 0 aliphatic carbocycles. The fourth-order valence-electron chi connectivity index (χ4n) is 3.15. The van der Waals surface area contributed by atoms with E-state index < -0.39 is 0 Å². The number of thiophene rings is 1. The summed E-state index contributed by atoms with van der Waals surface area (Å²) < 4.78 is 1.91. The number of amides is 1. The second kappa shape index (κ2) is 6.33. The number of fused-ring (bicyclic) bond motifs is 2. The second-order valence-corrected chi connectivity index (χ2v) is 7.11. The van der Waals surface area contributed by atoms with Crippen LogP contribution in [0.15, 0.2) is 35.8 Å². The molecule has 1 atom stereocenters. The Balaban J connectivity index is 1.39. The van der Waals surface area contributed by atoms with Crippen molar-refractivity contribution in [1.29, 1.82) is 0 Å². The highest BCUT2D eigenvalue weighted by atomic mass is 32.1. The molecular formula is C17H19N5OS. The highest BCUT2D eigenvalue weighted by Crippen LogP contribution is 2.23. The van der Waals surface area contributed by atoms with Crippen LogP contribution in [0.25, 0.3) is 5.65 Å². The van der Waals surface area contributed by atoms with Crippen molar-refractivity contribution in [3.8, 4) is 0 Å². The molecule has 1 N–H and O–H groups in total. The van der Waals surface area contributed by atoms with Gasteiger partial charge in [0, 0.05) is 24.2 Å². The van der Waals surface area contributed by atoms with E-state index >= 15 is 0 Å². The molecule has 3 aromatic heterocycles. The average Bonchev–Trinajstić information content (AvgIpc) is 3.20. The van der Waals surface area contributed by atoms with Gasteiger partial charge in [-0.3, -0.25) is 14.1 Å². The third-order valence-electron chi connectivity index (χ3n) is 4.36. The predicted octanol–water partition coefficient (Wildman–Crippen LogP) is 2.03. The minimum atomic E-state index is -0.184. The quantitative estimate of drug-likeness (QED) is 0.789. The van der Waals surface area contributed by atoms with E-state index in [1.807, 2.05) is 47.1 Å². The summed E-state index contributed by atoms with van der Waals surface area (Å²) in [6.07, 6.45) is 2.95. The summed E-state index contributed by atoms with van der Waals surface area (Å²) in [5, 5.41) is 13.5. The predicted molar refractivity (Wildman–Crippen MR) is 92.8 cm³/mol. The molecule has 4 heterocycles. The number of nitrogens with zero attached hydrogens (tertiary/aromatic N) is 4. The smallest absolute Gasteiger partial charge is 0.234 e. The standard InChI is InChI=1S/C17H19N5OS/c1-12(17-20-19-15-4-2-3-7-22(15)17)18-16(23)11-21-8-5-14-13(10-21)6-9-24-14/h2-4,6-7,9,12H,5,8,10-11H2,1H3,(H,18,23)/t12-/m0/s1. The first-order valence-corrected chi connectivity index (χ1v) is 8.95. The van der Waals surface area contributed by atoms with E-state index in [4.69, 9.17) is 0 Å². The molecule has 0 radical (unpaired) electrons. The average molecular weight is 341 g/mol. The Labute approximate surface area is 144 Å². The van der Waals surface area contributed by atoms with Gasteiger partial charge in [0.05, 0.1) is 12.6 Å². The molecule has 0 aromatic carbocycles. The molecule has 0 spiro atoms. The molecule has 0 fully saturated rings. The van der Waals surface area contributed by atoms with Crippen molar-refractivity contribution in [1.82, 2.24) is 24.8 Å². The van der Waals surface area contributed by atoms with Crippen LogP contribution in [0.1, 0.15) is 29.2 Å². The van der Waals surface area contributed by atoms with Crippen molar-refractivity contribution < 1.29 is 4.79 Å². The molecule has 1 aliphatic rings. The van der Waals surface area contributed by atoms with Gasteiger partial charge in [-0.05, 0) is 42.5 Å². The summed E-state index contributed by atoms with van der Waals surface area (Å²) in [5.41, 5.74) is 2.14. The first-order chi connectivity index (χ1) is 11.7. The lowest BCUT2D eigenvalue weighted by molar-refractivity contribution is -0.123. The molecule has 0 saturated carbocycles. The highest BCUT2D eigenvalue weighted by Gasteiger charge is 2.21. The van der Waals surface area contributed by atoms with Crippen LogP contribution in [-0.2, 0) is 17.8 Å². The Bertz CT molecular complexity index is 871. The maximum Gasteiger partial charge on any atom is 0.234 e. The third-order valence-corrected chi connectivity index (χ3v) is 5.38. The van der Waals surface area contributed by atoms with Crippen LogP contribution < -0.4 is 5.32 Å². The summed E-state index contributed by atoms with van der Waals surface area (Å²) >= 11 is 1.81. The number of nitrogens with one attached hydrogen (secondary N) is 1. The largest absolute Gasteiger partial charge is 0.345 e. The molecule has 0 saturated heterocycles. The van der Waals surface area contributed by atoms with Gasteiger partial charge in [-0.15, -0.1) is 21.5 Å². The van der Waals surface area contributed by atoms with Crippen LogP contribution in [0.5, 0.6) is 0 Å². The van der Waals surface area contributed by atoms with Crippen LogP contribution in [0.2, 0.25) is 0 Å². The maximum absolute atomic E-state index is 12.4. The van der Waals surface area contributed by atoms with Crippen molar-refractivity contribution in [2.45, 2.75) is 25.9 Å². The Kier molecular flexibility index (Phi) is 4.03. The highest BCUT2D eigenvalue weighted by molar-refractivity contribution is 7.10. The van der Waals surface area contributed by atoms with Gasteiger partial charge in [-0.2, -0.15) is 0 Å². The molecule has 124 valence electrons. The normalized spacial score (nSPS) is 16.0. The molecule has 6 nitrogen and oxygen atoms in total. The number of pyridine rings is 1. The lowest BCUT2D eigenvalue weighted by Gasteiger charge is -2.26. The van der Waals surface area contributed by atoms with Crippen molar-refractivity contribution >= 4 is 22.9 Å². The number of aromatic nitrogens is 3. The molecule has 1 aliphatic heterocycles. The molecule has 0 unspecified atom stereocenters. The number of carbonyl (C=O) groups is 1. The zero-order valence-corrected chi connectivity index (χ0v) is 14.3. The summed E-state index contributed by atoms with van der Waals surface area (Å²) in [6.45, 7) is 4.14. The van der Waals surface area contributed by atoms with E-state index in [0.29, 0.717) is 6.54 Å². The Morgan fingerprint density at radius 3 is 3.21 bits per heavy atom. The van der Waals surface area contributed by atoms with Gasteiger partial charge >= 0.3 is 0 Å². The lowest BCUT2D eigenvalue weighted by atomic mass is 10.1. The van der Waals surface area contributed by atoms with Crippen LogP contribution in [0.4, 0.5) is 0 Å². The molecule has 7 heteroatoms. The summed E-state index contributed by atoms with van der Waals surface area (Å²) in [7, 11) is 0. The molecule has 3 aromatic rings. The van der Waals surface area contributed by atoms with Crippen molar-refractivity contribution in [2.75, 3.05) is 13.1 Å². The van der Waals surface area contributed by atoms with Crippen LogP contribution in [-0.4, -0.2) is 38.5 Å². The van der Waals surface area contributed by atoms with Crippen LogP contribution in [0.3, 0.4) is 0 Å². The first-order valence-electron chi connectivity index (χ1n) is 8.07. The maximum atomic E-state index is 12.4. The van der Waals surface area contributed by atoms with E-state index in [0.717, 1.165) is 31.0 Å².